The van der Waals surface area contributed by atoms with Crippen LogP contribution in [0, 0.1) is 6.92 Å². The fourth-order valence-corrected chi connectivity index (χ4v) is 5.37. The van der Waals surface area contributed by atoms with Gasteiger partial charge in [0.15, 0.2) is 0 Å². The van der Waals surface area contributed by atoms with Crippen LogP contribution in [-0.4, -0.2) is 60.0 Å². The molecule has 0 amide bonds. The Morgan fingerprint density at radius 1 is 1.21 bits per heavy atom. The average Bonchev–Trinajstić information content (AvgIpc) is 3.54. The van der Waals surface area contributed by atoms with Crippen LogP contribution in [-0.2, 0) is 16.0 Å². The average molecular weight is 465 g/mol. The third-order valence-corrected chi connectivity index (χ3v) is 7.17. The number of carbonyl (C=O) groups is 1. The largest absolute Gasteiger partial charge is 0.496 e. The van der Waals surface area contributed by atoms with E-state index in [0.29, 0.717) is 12.2 Å². The number of methoxy groups -OCH3 is 1. The van der Waals surface area contributed by atoms with Crippen molar-refractivity contribution >= 4 is 16.9 Å². The summed E-state index contributed by atoms with van der Waals surface area (Å²) in [6, 6.07) is 11.6. The van der Waals surface area contributed by atoms with Crippen molar-refractivity contribution in [2.75, 3.05) is 26.9 Å². The van der Waals surface area contributed by atoms with E-state index in [1.165, 1.54) is 10.9 Å². The third-order valence-electron chi connectivity index (χ3n) is 7.17. The van der Waals surface area contributed by atoms with Gasteiger partial charge in [-0.05, 0) is 61.6 Å². The van der Waals surface area contributed by atoms with Gasteiger partial charge in [-0.15, -0.1) is 0 Å². The second-order valence-corrected chi connectivity index (χ2v) is 9.32. The quantitative estimate of drug-likeness (QED) is 0.528. The number of fused-ring (bicyclic) bond motifs is 1. The monoisotopic (exact) mass is 464 g/mol. The van der Waals surface area contributed by atoms with Crippen molar-refractivity contribution in [2.24, 2.45) is 0 Å². The molecule has 2 aromatic carbocycles. The minimum absolute atomic E-state index is 0.115. The lowest BCUT2D eigenvalue weighted by atomic mass is 9.91. The highest BCUT2D eigenvalue weighted by Gasteiger charge is 2.33. The van der Waals surface area contributed by atoms with Crippen molar-refractivity contribution in [3.05, 3.63) is 64.8 Å². The molecule has 2 fully saturated rings. The van der Waals surface area contributed by atoms with Crippen molar-refractivity contribution in [1.29, 1.82) is 0 Å². The standard InChI is InChI=1S/C27H32N2O5/c1-17-13-25(32-2)23(22-7-10-28-26(17)22)15-29-11-8-20(34-21-9-12-33-16-21)14-24(29)18-3-5-19(6-4-18)27(30)31/h3-7,10,13,20-21,24,28H,8-9,11-12,14-16H2,1-2H3,(H,30,31)/t20-,21?,24+/m0/s1. The molecule has 3 heterocycles. The van der Waals surface area contributed by atoms with Crippen LogP contribution in [0.2, 0.25) is 0 Å². The van der Waals surface area contributed by atoms with Crippen LogP contribution in [0.1, 0.15) is 52.4 Å². The topological polar surface area (TPSA) is 84.0 Å². The molecule has 0 bridgehead atoms. The minimum Gasteiger partial charge on any atom is -0.496 e. The number of aromatic carboxylic acids is 1. The fourth-order valence-electron chi connectivity index (χ4n) is 5.37. The van der Waals surface area contributed by atoms with Gasteiger partial charge in [-0.25, -0.2) is 4.79 Å². The van der Waals surface area contributed by atoms with E-state index in [1.807, 2.05) is 18.3 Å². The van der Waals surface area contributed by atoms with E-state index in [1.54, 1.807) is 19.2 Å². The van der Waals surface area contributed by atoms with Gasteiger partial charge >= 0.3 is 5.97 Å². The number of benzene rings is 2. The van der Waals surface area contributed by atoms with E-state index in [0.717, 1.165) is 61.4 Å². The van der Waals surface area contributed by atoms with Gasteiger partial charge in [-0.2, -0.15) is 0 Å². The molecule has 0 aliphatic carbocycles. The van der Waals surface area contributed by atoms with E-state index in [9.17, 15) is 9.90 Å². The molecule has 7 heteroatoms. The van der Waals surface area contributed by atoms with Gasteiger partial charge in [-0.1, -0.05) is 12.1 Å². The highest BCUT2D eigenvalue weighted by Crippen LogP contribution is 2.38. The van der Waals surface area contributed by atoms with Crippen LogP contribution in [0.25, 0.3) is 10.9 Å². The van der Waals surface area contributed by atoms with Crippen molar-refractivity contribution in [1.82, 2.24) is 9.88 Å². The molecule has 2 aliphatic heterocycles. The molecular weight excluding hydrogens is 432 g/mol. The van der Waals surface area contributed by atoms with Gasteiger partial charge in [0.1, 0.15) is 5.75 Å². The predicted octanol–water partition coefficient (Wildman–Crippen LogP) is 4.69. The normalized spacial score (nSPS) is 23.4. The van der Waals surface area contributed by atoms with Gasteiger partial charge in [-0.3, -0.25) is 4.90 Å². The Balaban J connectivity index is 1.45. The number of H-pyrrole nitrogens is 1. The number of aromatic amines is 1. The zero-order chi connectivity index (χ0) is 23.7. The molecule has 1 aromatic heterocycles. The fraction of sp³-hybridized carbons (Fsp3) is 0.444. The molecule has 0 saturated carbocycles. The highest BCUT2D eigenvalue weighted by atomic mass is 16.5. The van der Waals surface area contributed by atoms with Crippen molar-refractivity contribution in [3.8, 4) is 5.75 Å². The number of ether oxygens (including phenoxy) is 3. The smallest absolute Gasteiger partial charge is 0.335 e. The second-order valence-electron chi connectivity index (χ2n) is 9.32. The molecule has 180 valence electrons. The number of piperidine rings is 1. The summed E-state index contributed by atoms with van der Waals surface area (Å²) in [7, 11) is 1.72. The van der Waals surface area contributed by atoms with Gasteiger partial charge in [0.05, 0.1) is 31.5 Å². The predicted molar refractivity (Wildman–Crippen MR) is 129 cm³/mol. The summed E-state index contributed by atoms with van der Waals surface area (Å²) in [4.78, 5) is 17.2. The third kappa shape index (κ3) is 4.56. The summed E-state index contributed by atoms with van der Waals surface area (Å²) in [6.45, 7) is 5.15. The Kier molecular flexibility index (Phi) is 6.59. The first-order valence-corrected chi connectivity index (χ1v) is 12.0. The number of hydrogen-bond donors (Lipinski definition) is 2. The van der Waals surface area contributed by atoms with Crippen LogP contribution >= 0.6 is 0 Å². The highest BCUT2D eigenvalue weighted by molar-refractivity contribution is 5.88. The summed E-state index contributed by atoms with van der Waals surface area (Å²) in [5, 5.41) is 10.5. The van der Waals surface area contributed by atoms with Crippen LogP contribution < -0.4 is 4.74 Å². The maximum atomic E-state index is 11.4. The van der Waals surface area contributed by atoms with Gasteiger partial charge in [0.2, 0.25) is 0 Å². The Morgan fingerprint density at radius 2 is 2.03 bits per heavy atom. The number of nitrogens with one attached hydrogen (secondary N) is 1. The SMILES string of the molecule is COc1cc(C)c2[nH]ccc2c1CN1CC[C@H](OC2CCOC2)C[C@@H]1c1ccc(C(=O)O)cc1. The number of carboxylic acids is 1. The Hall–Kier alpha value is -2.87. The van der Waals surface area contributed by atoms with Crippen LogP contribution in [0.4, 0.5) is 0 Å². The molecule has 5 rings (SSSR count). The molecule has 3 aromatic rings. The first-order chi connectivity index (χ1) is 16.5. The molecule has 0 radical (unpaired) electrons. The van der Waals surface area contributed by atoms with E-state index >= 15 is 0 Å². The number of likely N-dealkylation sites (tertiary alicyclic amines) is 1. The lowest BCUT2D eigenvalue weighted by Crippen LogP contribution is -2.40. The lowest BCUT2D eigenvalue weighted by Gasteiger charge is -2.40. The number of aryl methyl sites for hydroxylation is 1. The van der Waals surface area contributed by atoms with Crippen LogP contribution in [0.3, 0.4) is 0 Å². The van der Waals surface area contributed by atoms with E-state index in [2.05, 4.69) is 28.9 Å². The molecule has 7 nitrogen and oxygen atoms in total. The molecule has 34 heavy (non-hydrogen) atoms. The van der Waals surface area contributed by atoms with Crippen molar-refractivity contribution in [3.63, 3.8) is 0 Å². The summed E-state index contributed by atoms with van der Waals surface area (Å²) >= 11 is 0. The van der Waals surface area contributed by atoms with Crippen LogP contribution in [0.5, 0.6) is 5.75 Å². The van der Waals surface area contributed by atoms with Crippen LogP contribution in [0.15, 0.2) is 42.6 Å². The zero-order valence-electron chi connectivity index (χ0n) is 19.8. The summed E-state index contributed by atoms with van der Waals surface area (Å²) in [6.07, 6.45) is 5.05. The van der Waals surface area contributed by atoms with Gasteiger partial charge < -0.3 is 24.3 Å². The Labute approximate surface area is 199 Å². The zero-order valence-corrected chi connectivity index (χ0v) is 19.8. The molecule has 2 N–H and O–H groups in total. The van der Waals surface area contributed by atoms with Crippen molar-refractivity contribution in [2.45, 2.75) is 51.0 Å². The second kappa shape index (κ2) is 9.78. The Morgan fingerprint density at radius 3 is 2.74 bits per heavy atom. The number of rotatable bonds is 7. The molecular formula is C27H32N2O5. The van der Waals surface area contributed by atoms with E-state index in [-0.39, 0.29) is 18.2 Å². The lowest BCUT2D eigenvalue weighted by molar-refractivity contribution is -0.0608. The molecule has 1 unspecified atom stereocenters. The number of carboxylic acid groups (broad SMARTS) is 1. The summed E-state index contributed by atoms with van der Waals surface area (Å²) in [5.41, 5.74) is 4.87. The van der Waals surface area contributed by atoms with Crippen molar-refractivity contribution < 1.29 is 24.1 Å². The van der Waals surface area contributed by atoms with Gasteiger partial charge in [0.25, 0.3) is 0 Å². The van der Waals surface area contributed by atoms with Gasteiger partial charge in [0, 0.05) is 48.4 Å². The number of hydrogen-bond acceptors (Lipinski definition) is 5. The molecule has 2 saturated heterocycles. The summed E-state index contributed by atoms with van der Waals surface area (Å²) < 4.78 is 17.7. The first-order valence-electron chi connectivity index (χ1n) is 12.0. The number of aromatic nitrogens is 1. The molecule has 2 aliphatic rings. The molecule has 3 atom stereocenters. The maximum Gasteiger partial charge on any atom is 0.335 e. The summed E-state index contributed by atoms with van der Waals surface area (Å²) in [5.74, 6) is -0.0141. The molecule has 0 spiro atoms. The number of nitrogens with zero attached hydrogens (tertiary/aromatic N) is 1. The minimum atomic E-state index is -0.909. The van der Waals surface area contributed by atoms with E-state index in [4.69, 9.17) is 14.2 Å². The Bertz CT molecular complexity index is 1150. The van der Waals surface area contributed by atoms with E-state index < -0.39 is 5.97 Å². The maximum absolute atomic E-state index is 11.4. The first kappa shape index (κ1) is 22.9.